The molecule has 0 spiro atoms. The lowest BCUT2D eigenvalue weighted by molar-refractivity contribution is 0.475. The Morgan fingerprint density at radius 1 is 0.955 bits per heavy atom. The quantitative estimate of drug-likeness (QED) is 0.610. The molecular formula is C15H11BrN4O2. The number of aromatic hydroxyl groups is 1. The van der Waals surface area contributed by atoms with Crippen molar-refractivity contribution < 1.29 is 5.11 Å². The van der Waals surface area contributed by atoms with E-state index < -0.39 is 0 Å². The van der Waals surface area contributed by atoms with Crippen LogP contribution in [0.3, 0.4) is 0 Å². The molecule has 0 fully saturated rings. The summed E-state index contributed by atoms with van der Waals surface area (Å²) < 4.78 is 0.789. The van der Waals surface area contributed by atoms with E-state index in [4.69, 9.17) is 0 Å². The van der Waals surface area contributed by atoms with Crippen LogP contribution >= 0.6 is 15.9 Å². The summed E-state index contributed by atoms with van der Waals surface area (Å²) in [6.07, 6.45) is 0. The summed E-state index contributed by atoms with van der Waals surface area (Å²) in [5, 5.41) is 22.8. The van der Waals surface area contributed by atoms with Gasteiger partial charge in [0.25, 0.3) is 5.56 Å². The van der Waals surface area contributed by atoms with Crippen LogP contribution in [0.25, 0.3) is 11.3 Å². The Bertz CT molecular complexity index is 881. The van der Waals surface area contributed by atoms with Gasteiger partial charge in [0.2, 0.25) is 0 Å². The predicted molar refractivity (Wildman–Crippen MR) is 86.8 cm³/mol. The number of phenols is 1. The highest BCUT2D eigenvalue weighted by atomic mass is 79.9. The van der Waals surface area contributed by atoms with Crippen molar-refractivity contribution in [2.45, 2.75) is 0 Å². The van der Waals surface area contributed by atoms with Crippen LogP contribution < -0.4 is 5.56 Å². The van der Waals surface area contributed by atoms with Crippen molar-refractivity contribution >= 4 is 27.3 Å². The zero-order chi connectivity index (χ0) is 15.5. The number of aromatic amines is 2. The first-order valence-electron chi connectivity index (χ1n) is 6.41. The first-order valence-corrected chi connectivity index (χ1v) is 7.21. The summed E-state index contributed by atoms with van der Waals surface area (Å²) in [5.74, 6) is 0.151. The fourth-order valence-corrected chi connectivity index (χ4v) is 2.28. The molecule has 22 heavy (non-hydrogen) atoms. The number of nitrogens with zero attached hydrogens (tertiary/aromatic N) is 2. The second-order valence-corrected chi connectivity index (χ2v) is 5.36. The second-order valence-electron chi connectivity index (χ2n) is 4.50. The van der Waals surface area contributed by atoms with Crippen molar-refractivity contribution in [3.05, 3.63) is 63.4 Å². The molecule has 1 aromatic heterocycles. The Hall–Kier alpha value is -2.67. The average molecular weight is 359 g/mol. The molecule has 0 bridgehead atoms. The number of azo groups is 1. The molecule has 0 unspecified atom stereocenters. The van der Waals surface area contributed by atoms with Gasteiger partial charge in [-0.25, -0.2) is 0 Å². The third kappa shape index (κ3) is 2.84. The molecule has 0 saturated carbocycles. The molecule has 1 heterocycles. The Kier molecular flexibility index (Phi) is 3.88. The Morgan fingerprint density at radius 3 is 2.41 bits per heavy atom. The van der Waals surface area contributed by atoms with Crippen LogP contribution in [0.1, 0.15) is 0 Å². The van der Waals surface area contributed by atoms with Crippen LogP contribution in [0.4, 0.5) is 11.4 Å². The molecule has 110 valence electrons. The number of phenolic OH excluding ortho intramolecular Hbond substituents is 1. The van der Waals surface area contributed by atoms with E-state index in [0.29, 0.717) is 11.4 Å². The number of H-pyrrole nitrogens is 2. The molecule has 0 radical (unpaired) electrons. The number of aromatic nitrogens is 2. The van der Waals surface area contributed by atoms with E-state index in [1.165, 1.54) is 12.1 Å². The molecule has 7 heteroatoms. The van der Waals surface area contributed by atoms with E-state index in [2.05, 4.69) is 36.4 Å². The maximum atomic E-state index is 11.9. The van der Waals surface area contributed by atoms with Crippen LogP contribution in [0.5, 0.6) is 5.75 Å². The summed E-state index contributed by atoms with van der Waals surface area (Å²) in [7, 11) is 0. The van der Waals surface area contributed by atoms with E-state index in [0.717, 1.165) is 10.0 Å². The highest BCUT2D eigenvalue weighted by molar-refractivity contribution is 9.10. The van der Waals surface area contributed by atoms with Gasteiger partial charge in [-0.05, 0) is 52.3 Å². The maximum absolute atomic E-state index is 11.9. The number of halogens is 1. The van der Waals surface area contributed by atoms with Crippen molar-refractivity contribution in [1.29, 1.82) is 0 Å². The summed E-state index contributed by atoms with van der Waals surface area (Å²) >= 11 is 3.38. The van der Waals surface area contributed by atoms with Crippen LogP contribution in [0, 0.1) is 0 Å². The summed E-state index contributed by atoms with van der Waals surface area (Å²) in [6.45, 7) is 0. The van der Waals surface area contributed by atoms with Gasteiger partial charge in [0.05, 0.1) is 11.4 Å². The van der Waals surface area contributed by atoms with Gasteiger partial charge in [-0.2, -0.15) is 0 Å². The van der Waals surface area contributed by atoms with Crippen molar-refractivity contribution in [2.24, 2.45) is 10.2 Å². The maximum Gasteiger partial charge on any atom is 0.292 e. The predicted octanol–water partition coefficient (Wildman–Crippen LogP) is 4.25. The minimum atomic E-state index is -0.362. The Balaban J connectivity index is 2.01. The molecule has 0 atom stereocenters. The van der Waals surface area contributed by atoms with E-state index in [9.17, 15) is 9.90 Å². The third-order valence-corrected chi connectivity index (χ3v) is 3.69. The number of hydrogen-bond donors (Lipinski definition) is 3. The van der Waals surface area contributed by atoms with Crippen LogP contribution in [-0.2, 0) is 0 Å². The molecule has 0 saturated heterocycles. The summed E-state index contributed by atoms with van der Waals surface area (Å²) in [6, 6.07) is 13.8. The molecular weight excluding hydrogens is 348 g/mol. The third-order valence-electron chi connectivity index (χ3n) is 3.02. The van der Waals surface area contributed by atoms with E-state index in [1.54, 1.807) is 18.2 Å². The number of nitrogens with one attached hydrogen (secondary N) is 2. The van der Waals surface area contributed by atoms with Crippen molar-refractivity contribution in [3.8, 4) is 17.0 Å². The van der Waals surface area contributed by atoms with Crippen molar-refractivity contribution in [3.63, 3.8) is 0 Å². The van der Waals surface area contributed by atoms with Gasteiger partial charge >= 0.3 is 0 Å². The number of hydrogen-bond acceptors (Lipinski definition) is 4. The fourth-order valence-electron chi connectivity index (χ4n) is 1.92. The molecule has 3 rings (SSSR count). The number of benzene rings is 2. The first-order chi connectivity index (χ1) is 10.6. The first kappa shape index (κ1) is 14.3. The molecule has 0 aliphatic carbocycles. The monoisotopic (exact) mass is 358 g/mol. The minimum Gasteiger partial charge on any atom is -0.508 e. The zero-order valence-corrected chi connectivity index (χ0v) is 12.8. The van der Waals surface area contributed by atoms with E-state index in [1.807, 2.05) is 18.2 Å². The summed E-state index contributed by atoms with van der Waals surface area (Å²) in [4.78, 5) is 11.9. The van der Waals surface area contributed by atoms with Crippen molar-refractivity contribution in [1.82, 2.24) is 10.2 Å². The topological polar surface area (TPSA) is 93.6 Å². The van der Waals surface area contributed by atoms with Gasteiger partial charge < -0.3 is 5.11 Å². The minimum absolute atomic E-state index is 0.151. The summed E-state index contributed by atoms with van der Waals surface area (Å²) in [5.41, 5.74) is 1.68. The zero-order valence-electron chi connectivity index (χ0n) is 11.2. The molecule has 0 amide bonds. The molecule has 0 aliphatic rings. The van der Waals surface area contributed by atoms with Gasteiger partial charge in [-0.3, -0.25) is 15.0 Å². The lowest BCUT2D eigenvalue weighted by Gasteiger charge is -1.99. The SMILES string of the molecule is O=c1[nH][nH]c(-c2ccc(O)cc2)c1N=Nc1ccccc1Br. The number of rotatable bonds is 3. The van der Waals surface area contributed by atoms with Crippen molar-refractivity contribution in [2.75, 3.05) is 0 Å². The largest absolute Gasteiger partial charge is 0.508 e. The van der Waals surface area contributed by atoms with Crippen LogP contribution in [0.15, 0.2) is 68.0 Å². The average Bonchev–Trinajstić information content (AvgIpc) is 2.88. The highest BCUT2D eigenvalue weighted by Crippen LogP contribution is 2.30. The van der Waals surface area contributed by atoms with Crippen LogP contribution in [-0.4, -0.2) is 15.3 Å². The van der Waals surface area contributed by atoms with Gasteiger partial charge in [0.1, 0.15) is 5.75 Å². The smallest absolute Gasteiger partial charge is 0.292 e. The molecule has 3 aromatic rings. The molecule has 3 N–H and O–H groups in total. The lowest BCUT2D eigenvalue weighted by Crippen LogP contribution is -1.96. The van der Waals surface area contributed by atoms with Gasteiger partial charge in [0.15, 0.2) is 5.69 Å². The fraction of sp³-hybridized carbons (Fsp3) is 0. The lowest BCUT2D eigenvalue weighted by atomic mass is 10.1. The molecule has 2 aromatic carbocycles. The van der Waals surface area contributed by atoms with E-state index in [-0.39, 0.29) is 17.0 Å². The second kappa shape index (κ2) is 5.98. The highest BCUT2D eigenvalue weighted by Gasteiger charge is 2.11. The van der Waals surface area contributed by atoms with Gasteiger partial charge in [-0.1, -0.05) is 12.1 Å². The van der Waals surface area contributed by atoms with Gasteiger partial charge in [-0.15, -0.1) is 10.2 Å². The van der Waals surface area contributed by atoms with Crippen LogP contribution in [0.2, 0.25) is 0 Å². The van der Waals surface area contributed by atoms with Gasteiger partial charge in [0, 0.05) is 10.0 Å². The Morgan fingerprint density at radius 2 is 1.68 bits per heavy atom. The normalized spacial score (nSPS) is 11.1. The molecule has 6 nitrogen and oxygen atoms in total. The van der Waals surface area contributed by atoms with E-state index >= 15 is 0 Å². The Labute approximate surface area is 133 Å². The standard InChI is InChI=1S/C15H11BrN4O2/c16-11-3-1-2-4-12(11)17-19-14-13(18-20-15(14)22)9-5-7-10(21)8-6-9/h1-8,21H,(H2,18,20,22). The molecule has 0 aliphatic heterocycles.